The summed E-state index contributed by atoms with van der Waals surface area (Å²) in [5, 5.41) is 3.95. The van der Waals surface area contributed by atoms with Gasteiger partial charge >= 0.3 is 0 Å². The summed E-state index contributed by atoms with van der Waals surface area (Å²) in [6.07, 6.45) is 1.48. The lowest BCUT2D eigenvalue weighted by Gasteiger charge is -2.05. The van der Waals surface area contributed by atoms with Crippen LogP contribution in [0.3, 0.4) is 0 Å². The number of benzene rings is 2. The normalized spacial score (nSPS) is 10.9. The summed E-state index contributed by atoms with van der Waals surface area (Å²) in [5.74, 6) is 1.91. The average Bonchev–Trinajstić information content (AvgIpc) is 3.17. The Morgan fingerprint density at radius 1 is 1.07 bits per heavy atom. The summed E-state index contributed by atoms with van der Waals surface area (Å²) in [6.45, 7) is 0. The van der Waals surface area contributed by atoms with Crippen LogP contribution in [0.15, 0.2) is 81.1 Å². The quantitative estimate of drug-likeness (QED) is 0.375. The maximum atomic E-state index is 12.2. The molecule has 0 spiro atoms. The lowest BCUT2D eigenvalue weighted by molar-refractivity contribution is 0.0955. The molecule has 0 unspecified atom stereocenters. The van der Waals surface area contributed by atoms with Gasteiger partial charge in [-0.2, -0.15) is 5.10 Å². The summed E-state index contributed by atoms with van der Waals surface area (Å²) in [4.78, 5) is 15.3. The molecule has 0 aliphatic heterocycles. The van der Waals surface area contributed by atoms with Crippen molar-refractivity contribution in [3.63, 3.8) is 0 Å². The Bertz CT molecular complexity index is 903. The van der Waals surface area contributed by atoms with Crippen LogP contribution in [-0.4, -0.2) is 26.2 Å². The van der Waals surface area contributed by atoms with E-state index in [0.717, 1.165) is 17.2 Å². The highest BCUT2D eigenvalue weighted by Crippen LogP contribution is 2.22. The van der Waals surface area contributed by atoms with Gasteiger partial charge in [0.25, 0.3) is 5.91 Å². The second kappa shape index (κ2) is 9.09. The Labute approximate surface area is 163 Å². The molecule has 1 heterocycles. The molecular formula is C21H21N3O2S. The first-order valence-electron chi connectivity index (χ1n) is 8.49. The molecule has 0 aliphatic carbocycles. The van der Waals surface area contributed by atoms with Crippen LogP contribution in [0.1, 0.15) is 21.7 Å². The van der Waals surface area contributed by atoms with Crippen molar-refractivity contribution < 1.29 is 9.21 Å². The van der Waals surface area contributed by atoms with E-state index in [1.807, 2.05) is 67.5 Å². The molecule has 0 radical (unpaired) electrons. The van der Waals surface area contributed by atoms with Gasteiger partial charge in [0.15, 0.2) is 5.88 Å². The standard InChI is InChI=1S/C21H21N3O2S/c1-24(2)20-13-12-18(26-20)14-22-23-21(25)17-10-8-16(9-11-17)15-27-19-6-4-3-5-7-19/h3-14H,15H2,1-2H3,(H,23,25)/b22-14-. The first-order chi connectivity index (χ1) is 13.1. The van der Waals surface area contributed by atoms with Crippen LogP contribution >= 0.6 is 11.8 Å². The second-order valence-electron chi connectivity index (χ2n) is 6.07. The van der Waals surface area contributed by atoms with Gasteiger partial charge in [-0.15, -0.1) is 11.8 Å². The largest absolute Gasteiger partial charge is 0.440 e. The number of nitrogens with zero attached hydrogens (tertiary/aromatic N) is 2. The van der Waals surface area contributed by atoms with Gasteiger partial charge in [0, 0.05) is 36.4 Å². The minimum atomic E-state index is -0.257. The molecule has 3 rings (SSSR count). The fraction of sp³-hybridized carbons (Fsp3) is 0.143. The molecule has 0 aliphatic rings. The predicted molar refractivity (Wildman–Crippen MR) is 111 cm³/mol. The van der Waals surface area contributed by atoms with Crippen LogP contribution in [0.2, 0.25) is 0 Å². The van der Waals surface area contributed by atoms with Gasteiger partial charge in [-0.3, -0.25) is 4.79 Å². The van der Waals surface area contributed by atoms with Crippen molar-refractivity contribution in [1.82, 2.24) is 5.43 Å². The third-order valence-electron chi connectivity index (χ3n) is 3.78. The smallest absolute Gasteiger partial charge is 0.271 e. The summed E-state index contributed by atoms with van der Waals surface area (Å²) >= 11 is 1.77. The fourth-order valence-electron chi connectivity index (χ4n) is 2.31. The molecule has 0 atom stereocenters. The van der Waals surface area contributed by atoms with Gasteiger partial charge in [0.05, 0.1) is 6.21 Å². The van der Waals surface area contributed by atoms with Crippen LogP contribution in [0.5, 0.6) is 0 Å². The Hall–Kier alpha value is -2.99. The Morgan fingerprint density at radius 2 is 1.81 bits per heavy atom. The van der Waals surface area contributed by atoms with Crippen molar-refractivity contribution in [2.45, 2.75) is 10.6 Å². The number of amides is 1. The number of hydrogen-bond acceptors (Lipinski definition) is 5. The van der Waals surface area contributed by atoms with Gasteiger partial charge < -0.3 is 9.32 Å². The third kappa shape index (κ3) is 5.49. The molecule has 0 fully saturated rings. The van der Waals surface area contributed by atoms with E-state index in [9.17, 15) is 4.79 Å². The number of nitrogens with one attached hydrogen (secondary N) is 1. The van der Waals surface area contributed by atoms with E-state index in [-0.39, 0.29) is 5.91 Å². The number of anilines is 1. The summed E-state index contributed by atoms with van der Waals surface area (Å²) < 4.78 is 5.53. The van der Waals surface area contributed by atoms with E-state index in [1.165, 1.54) is 11.1 Å². The Balaban J connectivity index is 1.51. The minimum absolute atomic E-state index is 0.257. The number of furan rings is 1. The zero-order valence-corrected chi connectivity index (χ0v) is 16.1. The molecule has 138 valence electrons. The number of carbonyl (C=O) groups excluding carboxylic acids is 1. The van der Waals surface area contributed by atoms with E-state index >= 15 is 0 Å². The van der Waals surface area contributed by atoms with Crippen molar-refractivity contribution in [3.8, 4) is 0 Å². The summed E-state index contributed by atoms with van der Waals surface area (Å²) in [5.41, 5.74) is 4.24. The van der Waals surface area contributed by atoms with Crippen molar-refractivity contribution in [3.05, 3.63) is 83.6 Å². The maximum absolute atomic E-state index is 12.2. The Morgan fingerprint density at radius 3 is 2.48 bits per heavy atom. The van der Waals surface area contributed by atoms with Crippen LogP contribution in [0, 0.1) is 0 Å². The van der Waals surface area contributed by atoms with Gasteiger partial charge in [0.1, 0.15) is 5.76 Å². The molecule has 0 saturated heterocycles. The molecule has 1 amide bonds. The van der Waals surface area contributed by atoms with Crippen LogP contribution in [0.25, 0.3) is 0 Å². The number of hydrazone groups is 1. The minimum Gasteiger partial charge on any atom is -0.440 e. The lowest BCUT2D eigenvalue weighted by Crippen LogP contribution is -2.17. The highest BCUT2D eigenvalue weighted by molar-refractivity contribution is 7.98. The molecular weight excluding hydrogens is 358 g/mol. The SMILES string of the molecule is CN(C)c1ccc(/C=N\NC(=O)c2ccc(CSc3ccccc3)cc2)o1. The van der Waals surface area contributed by atoms with Gasteiger partial charge in [-0.05, 0) is 35.9 Å². The molecule has 5 nitrogen and oxygen atoms in total. The first-order valence-corrected chi connectivity index (χ1v) is 9.48. The number of carbonyl (C=O) groups is 1. The summed E-state index contributed by atoms with van der Waals surface area (Å²) in [6, 6.07) is 21.4. The van der Waals surface area contributed by atoms with E-state index in [1.54, 1.807) is 17.8 Å². The number of rotatable bonds is 7. The van der Waals surface area contributed by atoms with Crippen molar-refractivity contribution >= 4 is 29.8 Å². The van der Waals surface area contributed by atoms with Crippen LogP contribution in [-0.2, 0) is 5.75 Å². The average molecular weight is 379 g/mol. The monoisotopic (exact) mass is 379 g/mol. The molecule has 6 heteroatoms. The van der Waals surface area contributed by atoms with E-state index in [0.29, 0.717) is 11.3 Å². The maximum Gasteiger partial charge on any atom is 0.271 e. The molecule has 27 heavy (non-hydrogen) atoms. The molecule has 0 saturated carbocycles. The van der Waals surface area contributed by atoms with E-state index in [4.69, 9.17) is 4.42 Å². The van der Waals surface area contributed by atoms with Gasteiger partial charge in [-0.1, -0.05) is 30.3 Å². The molecule has 3 aromatic rings. The van der Waals surface area contributed by atoms with E-state index in [2.05, 4.69) is 22.7 Å². The highest BCUT2D eigenvalue weighted by atomic mass is 32.2. The summed E-state index contributed by atoms with van der Waals surface area (Å²) in [7, 11) is 3.78. The zero-order chi connectivity index (χ0) is 19.1. The fourth-order valence-corrected chi connectivity index (χ4v) is 3.18. The van der Waals surface area contributed by atoms with Crippen molar-refractivity contribution in [2.24, 2.45) is 5.10 Å². The highest BCUT2D eigenvalue weighted by Gasteiger charge is 2.05. The topological polar surface area (TPSA) is 57.8 Å². The first kappa shape index (κ1) is 18.8. The molecule has 1 N–H and O–H groups in total. The zero-order valence-electron chi connectivity index (χ0n) is 15.3. The van der Waals surface area contributed by atoms with Crippen LogP contribution < -0.4 is 10.3 Å². The van der Waals surface area contributed by atoms with Gasteiger partial charge in [0.2, 0.25) is 0 Å². The predicted octanol–water partition coefficient (Wildman–Crippen LogP) is 4.40. The van der Waals surface area contributed by atoms with Crippen molar-refractivity contribution in [2.75, 3.05) is 19.0 Å². The Kier molecular flexibility index (Phi) is 6.33. The third-order valence-corrected chi connectivity index (χ3v) is 4.86. The lowest BCUT2D eigenvalue weighted by atomic mass is 10.1. The number of thioether (sulfide) groups is 1. The molecule has 2 aromatic carbocycles. The van der Waals surface area contributed by atoms with Gasteiger partial charge in [-0.25, -0.2) is 5.43 Å². The molecule has 1 aromatic heterocycles. The van der Waals surface area contributed by atoms with E-state index < -0.39 is 0 Å². The number of hydrogen-bond donors (Lipinski definition) is 1. The van der Waals surface area contributed by atoms with Crippen LogP contribution in [0.4, 0.5) is 5.88 Å². The second-order valence-corrected chi connectivity index (χ2v) is 7.12. The molecule has 0 bridgehead atoms. The van der Waals surface area contributed by atoms with Crippen molar-refractivity contribution in [1.29, 1.82) is 0 Å².